The van der Waals surface area contributed by atoms with Crippen LogP contribution >= 0.6 is 23.4 Å². The van der Waals surface area contributed by atoms with Gasteiger partial charge in [-0.2, -0.15) is 0 Å². The lowest BCUT2D eigenvalue weighted by atomic mass is 10.1. The number of amides is 2. The van der Waals surface area contributed by atoms with Crippen LogP contribution in [0.2, 0.25) is 5.02 Å². The van der Waals surface area contributed by atoms with E-state index in [1.54, 1.807) is 36.4 Å². The number of aliphatic carboxylic acids is 2. The molecule has 7 N–H and O–H groups in total. The molecule has 0 saturated heterocycles. The van der Waals surface area contributed by atoms with Crippen LogP contribution in [0.4, 0.5) is 0 Å². The number of phenols is 1. The van der Waals surface area contributed by atoms with E-state index in [1.807, 2.05) is 0 Å². The Balaban J connectivity index is 2.17. The Morgan fingerprint density at radius 2 is 1.74 bits per heavy atom. The molecule has 182 valence electrons. The highest BCUT2D eigenvalue weighted by Gasteiger charge is 2.23. The maximum Gasteiger partial charge on any atom is 0.322 e. The Morgan fingerprint density at radius 1 is 1.06 bits per heavy atom. The van der Waals surface area contributed by atoms with Crippen molar-refractivity contribution in [3.8, 4) is 16.9 Å². The summed E-state index contributed by atoms with van der Waals surface area (Å²) in [5, 5.41) is 32.9. The molecular weight excluding hydrogens is 486 g/mol. The minimum Gasteiger partial charge on any atom is -0.508 e. The second-order valence-corrected chi connectivity index (χ2v) is 8.71. The molecular formula is C22H24ClN3O7S. The molecule has 2 aromatic rings. The van der Waals surface area contributed by atoms with Crippen molar-refractivity contribution in [1.29, 1.82) is 0 Å². The normalized spacial score (nSPS) is 12.4. The number of carboxylic acid groups (broad SMARTS) is 2. The largest absolute Gasteiger partial charge is 0.508 e. The summed E-state index contributed by atoms with van der Waals surface area (Å²) in [6, 6.07) is 9.29. The second-order valence-electron chi connectivity index (χ2n) is 7.21. The van der Waals surface area contributed by atoms with E-state index >= 15 is 0 Å². The smallest absolute Gasteiger partial charge is 0.322 e. The monoisotopic (exact) mass is 509 g/mol. The van der Waals surface area contributed by atoms with Crippen molar-refractivity contribution in [1.82, 2.24) is 10.6 Å². The van der Waals surface area contributed by atoms with E-state index in [0.29, 0.717) is 15.5 Å². The summed E-state index contributed by atoms with van der Waals surface area (Å²) in [4.78, 5) is 47.2. The molecule has 2 atom stereocenters. The Hall–Kier alpha value is -3.28. The molecule has 0 aliphatic carbocycles. The highest BCUT2D eigenvalue weighted by Crippen LogP contribution is 2.35. The first-order valence-corrected chi connectivity index (χ1v) is 11.4. The summed E-state index contributed by atoms with van der Waals surface area (Å²) >= 11 is 7.16. The molecule has 0 heterocycles. The molecule has 2 aromatic carbocycles. The average Bonchev–Trinajstić information content (AvgIpc) is 2.79. The van der Waals surface area contributed by atoms with E-state index in [1.165, 1.54) is 17.8 Å². The van der Waals surface area contributed by atoms with E-state index < -0.39 is 42.4 Å². The van der Waals surface area contributed by atoms with Crippen LogP contribution in [0.3, 0.4) is 0 Å². The van der Waals surface area contributed by atoms with Gasteiger partial charge in [-0.25, -0.2) is 0 Å². The van der Waals surface area contributed by atoms with E-state index in [2.05, 4.69) is 10.6 Å². The van der Waals surface area contributed by atoms with Crippen LogP contribution in [0.15, 0.2) is 47.4 Å². The van der Waals surface area contributed by atoms with E-state index in [-0.39, 0.29) is 24.3 Å². The zero-order chi connectivity index (χ0) is 25.3. The van der Waals surface area contributed by atoms with Gasteiger partial charge in [0.1, 0.15) is 24.4 Å². The van der Waals surface area contributed by atoms with Crippen LogP contribution in [-0.4, -0.2) is 63.5 Å². The number of halogens is 1. The molecule has 34 heavy (non-hydrogen) atoms. The first-order chi connectivity index (χ1) is 16.1. The molecule has 0 saturated carbocycles. The number of carbonyl (C=O) groups is 4. The topological polar surface area (TPSA) is 179 Å². The minimum absolute atomic E-state index is 0.0353. The fourth-order valence-electron chi connectivity index (χ4n) is 2.82. The maximum absolute atomic E-state index is 12.5. The highest BCUT2D eigenvalue weighted by molar-refractivity contribution is 7.99. The molecule has 0 aliphatic heterocycles. The molecule has 0 aliphatic rings. The number of hydrogen-bond donors (Lipinski definition) is 6. The number of benzene rings is 2. The van der Waals surface area contributed by atoms with Gasteiger partial charge in [0.2, 0.25) is 11.8 Å². The molecule has 0 spiro atoms. The van der Waals surface area contributed by atoms with Crippen LogP contribution < -0.4 is 16.4 Å². The number of thioether (sulfide) groups is 1. The molecule has 2 unspecified atom stereocenters. The fraction of sp³-hybridized carbons (Fsp3) is 0.273. The highest BCUT2D eigenvalue weighted by atomic mass is 35.5. The standard InChI is InChI=1S/C22H24ClN3O7S/c23-13-3-1-12(2-4-13)15-9-14(27)5-7-18(15)34-11-17(21(31)25-10-20(29)30)26-19(28)8-6-16(24)22(32)33/h1-5,7,9,16-17,27H,6,8,10-11,24H2,(H,25,31)(H,26,28)(H,29,30)(H,32,33). The molecule has 2 amide bonds. The van der Waals surface area contributed by atoms with E-state index in [0.717, 1.165) is 5.56 Å². The molecule has 0 bridgehead atoms. The maximum atomic E-state index is 12.5. The Kier molecular flexibility index (Phi) is 10.2. The number of nitrogens with two attached hydrogens (primary N) is 1. The van der Waals surface area contributed by atoms with Crippen molar-refractivity contribution in [3.63, 3.8) is 0 Å². The summed E-state index contributed by atoms with van der Waals surface area (Å²) in [6.07, 6.45) is -0.355. The van der Waals surface area contributed by atoms with Crippen molar-refractivity contribution in [2.24, 2.45) is 5.73 Å². The van der Waals surface area contributed by atoms with Crippen molar-refractivity contribution in [2.75, 3.05) is 12.3 Å². The number of hydrogen-bond acceptors (Lipinski definition) is 7. The number of rotatable bonds is 12. The summed E-state index contributed by atoms with van der Waals surface area (Å²) in [5.41, 5.74) is 6.84. The van der Waals surface area contributed by atoms with E-state index in [4.69, 9.17) is 27.5 Å². The van der Waals surface area contributed by atoms with Gasteiger partial charge in [0.25, 0.3) is 0 Å². The number of carbonyl (C=O) groups excluding carboxylic acids is 2. The zero-order valence-electron chi connectivity index (χ0n) is 17.9. The van der Waals surface area contributed by atoms with Crippen LogP contribution in [0.5, 0.6) is 5.75 Å². The van der Waals surface area contributed by atoms with Crippen LogP contribution in [0.1, 0.15) is 12.8 Å². The second kappa shape index (κ2) is 12.8. The SMILES string of the molecule is NC(CCC(=O)NC(CSc1ccc(O)cc1-c1ccc(Cl)cc1)C(=O)NCC(=O)O)C(=O)O. The van der Waals surface area contributed by atoms with Gasteiger partial charge in [-0.15, -0.1) is 11.8 Å². The van der Waals surface area contributed by atoms with Gasteiger partial charge in [0.15, 0.2) is 0 Å². The lowest BCUT2D eigenvalue weighted by Crippen LogP contribution is -2.49. The van der Waals surface area contributed by atoms with Crippen LogP contribution in [-0.2, 0) is 19.2 Å². The van der Waals surface area contributed by atoms with Crippen LogP contribution in [0, 0.1) is 0 Å². The van der Waals surface area contributed by atoms with Crippen molar-refractivity contribution >= 4 is 47.1 Å². The van der Waals surface area contributed by atoms with Crippen molar-refractivity contribution in [3.05, 3.63) is 47.5 Å². The van der Waals surface area contributed by atoms with Gasteiger partial charge in [-0.1, -0.05) is 23.7 Å². The van der Waals surface area contributed by atoms with Crippen LogP contribution in [0.25, 0.3) is 11.1 Å². The van der Waals surface area contributed by atoms with Gasteiger partial charge in [-0.05, 0) is 47.9 Å². The van der Waals surface area contributed by atoms with Gasteiger partial charge < -0.3 is 31.7 Å². The minimum atomic E-state index is -1.25. The van der Waals surface area contributed by atoms with Gasteiger partial charge in [0, 0.05) is 22.1 Å². The summed E-state index contributed by atoms with van der Waals surface area (Å²) in [7, 11) is 0. The lowest BCUT2D eigenvalue weighted by molar-refractivity contribution is -0.139. The first-order valence-electron chi connectivity index (χ1n) is 10.1. The summed E-state index contributed by atoms with van der Waals surface area (Å²) in [5.74, 6) is -3.74. The summed E-state index contributed by atoms with van der Waals surface area (Å²) < 4.78 is 0. The first kappa shape index (κ1) is 27.0. The lowest BCUT2D eigenvalue weighted by Gasteiger charge is -2.19. The molecule has 12 heteroatoms. The Morgan fingerprint density at radius 3 is 2.35 bits per heavy atom. The third-order valence-electron chi connectivity index (χ3n) is 4.59. The predicted octanol–water partition coefficient (Wildman–Crippen LogP) is 1.68. The third kappa shape index (κ3) is 8.58. The van der Waals surface area contributed by atoms with E-state index in [9.17, 15) is 24.3 Å². The number of nitrogens with one attached hydrogen (secondary N) is 2. The number of carboxylic acids is 2. The van der Waals surface area contributed by atoms with Gasteiger partial charge in [0.05, 0.1) is 0 Å². The Bertz CT molecular complexity index is 1050. The predicted molar refractivity (Wildman–Crippen MR) is 127 cm³/mol. The third-order valence-corrected chi connectivity index (χ3v) is 6.01. The molecule has 0 fully saturated rings. The molecule has 10 nitrogen and oxygen atoms in total. The fourth-order valence-corrected chi connectivity index (χ4v) is 4.02. The Labute approximate surface area is 204 Å². The zero-order valence-corrected chi connectivity index (χ0v) is 19.4. The van der Waals surface area contributed by atoms with Crippen molar-refractivity contribution in [2.45, 2.75) is 29.8 Å². The number of aromatic hydroxyl groups is 1. The average molecular weight is 510 g/mol. The quantitative estimate of drug-likeness (QED) is 0.232. The van der Waals surface area contributed by atoms with Gasteiger partial charge in [-0.3, -0.25) is 19.2 Å². The number of phenolic OH excluding ortho intramolecular Hbond substituents is 1. The molecule has 2 rings (SSSR count). The molecule has 0 aromatic heterocycles. The van der Waals surface area contributed by atoms with Gasteiger partial charge >= 0.3 is 11.9 Å². The van der Waals surface area contributed by atoms with Crippen molar-refractivity contribution < 1.29 is 34.5 Å². The summed E-state index contributed by atoms with van der Waals surface area (Å²) in [6.45, 7) is -0.630. The molecule has 0 radical (unpaired) electrons.